The van der Waals surface area contributed by atoms with Crippen LogP contribution in [-0.4, -0.2) is 59.5 Å². The first-order valence-electron chi connectivity index (χ1n) is 8.27. The van der Waals surface area contributed by atoms with E-state index >= 15 is 0 Å². The molecule has 0 aromatic carbocycles. The Labute approximate surface area is 165 Å². The van der Waals surface area contributed by atoms with Crippen LogP contribution in [0.4, 0.5) is 0 Å². The fraction of sp³-hybridized carbons (Fsp3) is 0.500. The molecule has 0 radical (unpaired) electrons. The van der Waals surface area contributed by atoms with Gasteiger partial charge in [-0.05, 0) is 48.1 Å². The van der Waals surface area contributed by atoms with Gasteiger partial charge in [0.15, 0.2) is 0 Å². The highest BCUT2D eigenvalue weighted by Gasteiger charge is 2.33. The SMILES string of the molecule is Cc1nn(C(C)C(=O)N2CCN(S(=O)(=O)c3cccs3)CC2)c(C)c1Br. The van der Waals surface area contributed by atoms with Gasteiger partial charge in [-0.2, -0.15) is 9.40 Å². The van der Waals surface area contributed by atoms with Crippen LogP contribution in [0.25, 0.3) is 0 Å². The molecule has 1 aliphatic rings. The van der Waals surface area contributed by atoms with Crippen molar-refractivity contribution in [3.05, 3.63) is 33.4 Å². The van der Waals surface area contributed by atoms with E-state index in [0.717, 1.165) is 15.9 Å². The van der Waals surface area contributed by atoms with E-state index in [0.29, 0.717) is 30.4 Å². The molecular weight excluding hydrogens is 440 g/mol. The topological polar surface area (TPSA) is 75.5 Å². The third kappa shape index (κ3) is 3.47. The highest BCUT2D eigenvalue weighted by atomic mass is 79.9. The second-order valence-electron chi connectivity index (χ2n) is 6.27. The normalized spacial score (nSPS) is 17.5. The summed E-state index contributed by atoms with van der Waals surface area (Å²) in [5, 5.41) is 6.18. The summed E-state index contributed by atoms with van der Waals surface area (Å²) < 4.78 is 29.6. The monoisotopic (exact) mass is 460 g/mol. The van der Waals surface area contributed by atoms with E-state index in [4.69, 9.17) is 0 Å². The molecule has 2 aromatic heterocycles. The smallest absolute Gasteiger partial charge is 0.252 e. The fourth-order valence-electron chi connectivity index (χ4n) is 3.08. The van der Waals surface area contributed by atoms with E-state index in [2.05, 4.69) is 21.0 Å². The molecule has 1 atom stereocenters. The summed E-state index contributed by atoms with van der Waals surface area (Å²) in [6.07, 6.45) is 0. The molecular formula is C16H21BrN4O3S2. The van der Waals surface area contributed by atoms with Gasteiger partial charge in [0.2, 0.25) is 5.91 Å². The number of sulfonamides is 1. The van der Waals surface area contributed by atoms with Gasteiger partial charge in [-0.25, -0.2) is 8.42 Å². The molecule has 10 heteroatoms. The van der Waals surface area contributed by atoms with Crippen molar-refractivity contribution in [1.29, 1.82) is 0 Å². The van der Waals surface area contributed by atoms with Crippen molar-refractivity contribution in [1.82, 2.24) is 19.0 Å². The summed E-state index contributed by atoms with van der Waals surface area (Å²) in [5.74, 6) is -0.0451. The molecule has 1 amide bonds. The quantitative estimate of drug-likeness (QED) is 0.701. The number of carbonyl (C=O) groups excluding carboxylic acids is 1. The lowest BCUT2D eigenvalue weighted by Gasteiger charge is -2.35. The van der Waals surface area contributed by atoms with E-state index in [1.54, 1.807) is 27.1 Å². The number of piperazine rings is 1. The Morgan fingerprint density at radius 3 is 2.42 bits per heavy atom. The number of hydrogen-bond donors (Lipinski definition) is 0. The summed E-state index contributed by atoms with van der Waals surface area (Å²) >= 11 is 4.69. The van der Waals surface area contributed by atoms with Gasteiger partial charge in [0.1, 0.15) is 10.3 Å². The van der Waals surface area contributed by atoms with Gasteiger partial charge in [-0.1, -0.05) is 6.07 Å². The van der Waals surface area contributed by atoms with E-state index in [9.17, 15) is 13.2 Å². The largest absolute Gasteiger partial charge is 0.338 e. The summed E-state index contributed by atoms with van der Waals surface area (Å²) in [6.45, 7) is 7.00. The number of amides is 1. The lowest BCUT2D eigenvalue weighted by atomic mass is 10.2. The molecule has 26 heavy (non-hydrogen) atoms. The van der Waals surface area contributed by atoms with Crippen LogP contribution in [0, 0.1) is 13.8 Å². The maximum Gasteiger partial charge on any atom is 0.252 e. The molecule has 7 nitrogen and oxygen atoms in total. The number of hydrogen-bond acceptors (Lipinski definition) is 5. The van der Waals surface area contributed by atoms with Gasteiger partial charge in [-0.3, -0.25) is 9.48 Å². The van der Waals surface area contributed by atoms with Crippen LogP contribution in [0.5, 0.6) is 0 Å². The number of carbonyl (C=O) groups is 1. The van der Waals surface area contributed by atoms with Crippen molar-refractivity contribution in [2.75, 3.05) is 26.2 Å². The van der Waals surface area contributed by atoms with Crippen LogP contribution in [0.15, 0.2) is 26.2 Å². The van der Waals surface area contributed by atoms with Crippen molar-refractivity contribution in [3.63, 3.8) is 0 Å². The number of rotatable bonds is 4. The lowest BCUT2D eigenvalue weighted by molar-refractivity contribution is -0.135. The zero-order chi connectivity index (χ0) is 19.1. The molecule has 0 aliphatic carbocycles. The average molecular weight is 461 g/mol. The average Bonchev–Trinajstić information content (AvgIpc) is 3.26. The van der Waals surface area contributed by atoms with Crippen LogP contribution >= 0.6 is 27.3 Å². The molecule has 142 valence electrons. The third-order valence-corrected chi connectivity index (χ3v) is 9.02. The first-order chi connectivity index (χ1) is 12.2. The van der Waals surface area contributed by atoms with Gasteiger partial charge in [0.25, 0.3) is 10.0 Å². The maximum atomic E-state index is 12.8. The van der Waals surface area contributed by atoms with Crippen LogP contribution in [0.1, 0.15) is 24.4 Å². The highest BCUT2D eigenvalue weighted by Crippen LogP contribution is 2.25. The van der Waals surface area contributed by atoms with E-state index in [1.807, 2.05) is 20.8 Å². The standard InChI is InChI=1S/C16H21BrN4O3S2/c1-11-15(17)12(2)21(18-11)13(3)16(22)19-6-8-20(9-7-19)26(23,24)14-5-4-10-25-14/h4-5,10,13H,6-9H2,1-3H3. The number of nitrogens with zero attached hydrogens (tertiary/aromatic N) is 4. The van der Waals surface area contributed by atoms with Crippen molar-refractivity contribution in [2.24, 2.45) is 0 Å². The molecule has 3 heterocycles. The Hall–Kier alpha value is -1.23. The molecule has 0 spiro atoms. The zero-order valence-electron chi connectivity index (χ0n) is 14.8. The van der Waals surface area contributed by atoms with Crippen LogP contribution < -0.4 is 0 Å². The number of aromatic nitrogens is 2. The summed E-state index contributed by atoms with van der Waals surface area (Å²) in [6, 6.07) is 2.91. The summed E-state index contributed by atoms with van der Waals surface area (Å²) in [5.41, 5.74) is 1.75. The Bertz CT molecular complexity index is 900. The van der Waals surface area contributed by atoms with Crippen LogP contribution in [-0.2, 0) is 14.8 Å². The molecule has 1 fully saturated rings. The van der Waals surface area contributed by atoms with E-state index < -0.39 is 16.1 Å². The molecule has 0 saturated carbocycles. The first-order valence-corrected chi connectivity index (χ1v) is 11.4. The molecule has 1 unspecified atom stereocenters. The van der Waals surface area contributed by atoms with Crippen LogP contribution in [0.3, 0.4) is 0 Å². The molecule has 1 aliphatic heterocycles. The zero-order valence-corrected chi connectivity index (χ0v) is 18.1. The Morgan fingerprint density at radius 1 is 1.27 bits per heavy atom. The fourth-order valence-corrected chi connectivity index (χ4v) is 5.90. The van der Waals surface area contributed by atoms with E-state index in [1.165, 1.54) is 15.6 Å². The minimum Gasteiger partial charge on any atom is -0.338 e. The summed E-state index contributed by atoms with van der Waals surface area (Å²) in [4.78, 5) is 14.6. The van der Waals surface area contributed by atoms with Crippen molar-refractivity contribution >= 4 is 43.2 Å². The number of halogens is 1. The Kier molecular flexibility index (Phi) is 5.57. The predicted molar refractivity (Wildman–Crippen MR) is 104 cm³/mol. The minimum atomic E-state index is -3.46. The molecule has 0 bridgehead atoms. The molecule has 2 aromatic rings. The van der Waals surface area contributed by atoms with Gasteiger partial charge in [-0.15, -0.1) is 11.3 Å². The van der Waals surface area contributed by atoms with Gasteiger partial charge in [0.05, 0.1) is 15.9 Å². The Morgan fingerprint density at radius 2 is 1.92 bits per heavy atom. The molecule has 3 rings (SSSR count). The Balaban J connectivity index is 1.68. The van der Waals surface area contributed by atoms with Crippen molar-refractivity contribution < 1.29 is 13.2 Å². The number of aryl methyl sites for hydroxylation is 1. The summed E-state index contributed by atoms with van der Waals surface area (Å²) in [7, 11) is -3.46. The first kappa shape index (κ1) is 19.5. The van der Waals surface area contributed by atoms with E-state index in [-0.39, 0.29) is 5.91 Å². The van der Waals surface area contributed by atoms with Crippen LogP contribution in [0.2, 0.25) is 0 Å². The van der Waals surface area contributed by atoms with Crippen molar-refractivity contribution in [2.45, 2.75) is 31.0 Å². The highest BCUT2D eigenvalue weighted by molar-refractivity contribution is 9.10. The lowest BCUT2D eigenvalue weighted by Crippen LogP contribution is -2.51. The second-order valence-corrected chi connectivity index (χ2v) is 10.2. The number of thiophene rings is 1. The molecule has 0 N–H and O–H groups in total. The maximum absolute atomic E-state index is 12.8. The minimum absolute atomic E-state index is 0.0451. The third-order valence-electron chi connectivity index (χ3n) is 4.60. The molecule has 1 saturated heterocycles. The van der Waals surface area contributed by atoms with Gasteiger partial charge >= 0.3 is 0 Å². The van der Waals surface area contributed by atoms with Crippen molar-refractivity contribution in [3.8, 4) is 0 Å². The second kappa shape index (κ2) is 7.41. The van der Waals surface area contributed by atoms with Gasteiger partial charge < -0.3 is 4.90 Å². The predicted octanol–water partition coefficient (Wildman–Crippen LogP) is 2.42. The van der Waals surface area contributed by atoms with Gasteiger partial charge in [0, 0.05) is 26.2 Å².